The van der Waals surface area contributed by atoms with Gasteiger partial charge in [-0.2, -0.15) is 5.26 Å². The highest BCUT2D eigenvalue weighted by Gasteiger charge is 2.45. The zero-order valence-electron chi connectivity index (χ0n) is 11.5. The first-order valence-electron chi connectivity index (χ1n) is 7.71. The van der Waals surface area contributed by atoms with Crippen LogP contribution >= 0.6 is 0 Å². The second-order valence-electron chi connectivity index (χ2n) is 6.45. The Hall–Kier alpha value is -0.590. The fourth-order valence-electron chi connectivity index (χ4n) is 3.96. The van der Waals surface area contributed by atoms with Gasteiger partial charge in [0.2, 0.25) is 0 Å². The van der Waals surface area contributed by atoms with E-state index in [4.69, 9.17) is 0 Å². The maximum atomic E-state index is 9.55. The molecule has 0 bridgehead atoms. The number of hydrogen-bond acceptors (Lipinski definition) is 3. The van der Waals surface area contributed by atoms with Gasteiger partial charge in [0.1, 0.15) is 5.54 Å². The van der Waals surface area contributed by atoms with E-state index in [1.54, 1.807) is 0 Å². The minimum Gasteiger partial charge on any atom is -0.297 e. The first-order chi connectivity index (χ1) is 8.76. The van der Waals surface area contributed by atoms with E-state index in [9.17, 15) is 5.26 Å². The Bertz CT molecular complexity index is 344. The fraction of sp³-hybridized carbons (Fsp3) is 0.933. The van der Waals surface area contributed by atoms with Gasteiger partial charge in [-0.05, 0) is 57.9 Å². The van der Waals surface area contributed by atoms with E-state index in [0.29, 0.717) is 12.1 Å². The normalized spacial score (nSPS) is 41.1. The summed E-state index contributed by atoms with van der Waals surface area (Å²) in [5.74, 6) is 0. The number of nitrogens with one attached hydrogen (secondary N) is 1. The number of rotatable bonds is 4. The maximum absolute atomic E-state index is 9.55. The van der Waals surface area contributed by atoms with Crippen LogP contribution in [-0.4, -0.2) is 35.1 Å². The molecule has 3 fully saturated rings. The van der Waals surface area contributed by atoms with E-state index in [1.807, 2.05) is 0 Å². The average molecular weight is 247 g/mol. The smallest absolute Gasteiger partial charge is 0.108 e. The second-order valence-corrected chi connectivity index (χ2v) is 6.45. The zero-order chi connectivity index (χ0) is 12.6. The predicted molar refractivity (Wildman–Crippen MR) is 72.2 cm³/mol. The van der Waals surface area contributed by atoms with Crippen molar-refractivity contribution < 1.29 is 0 Å². The Kier molecular flexibility index (Phi) is 3.34. The lowest BCUT2D eigenvalue weighted by Crippen LogP contribution is -2.45. The van der Waals surface area contributed by atoms with Crippen molar-refractivity contribution in [2.45, 2.75) is 82.0 Å². The summed E-state index contributed by atoms with van der Waals surface area (Å²) in [6.45, 7) is 3.56. The third-order valence-electron chi connectivity index (χ3n) is 5.12. The van der Waals surface area contributed by atoms with E-state index in [-0.39, 0.29) is 5.54 Å². The van der Waals surface area contributed by atoms with Crippen LogP contribution in [0.25, 0.3) is 0 Å². The largest absolute Gasteiger partial charge is 0.297 e. The van der Waals surface area contributed by atoms with Crippen molar-refractivity contribution in [2.24, 2.45) is 0 Å². The summed E-state index contributed by atoms with van der Waals surface area (Å²) in [5.41, 5.74) is -0.202. The highest BCUT2D eigenvalue weighted by molar-refractivity contribution is 5.16. The molecular formula is C15H25N3. The van der Waals surface area contributed by atoms with Gasteiger partial charge in [0.15, 0.2) is 0 Å². The van der Waals surface area contributed by atoms with E-state index in [0.717, 1.165) is 18.9 Å². The molecule has 18 heavy (non-hydrogen) atoms. The Balaban J connectivity index is 1.64. The second kappa shape index (κ2) is 4.83. The summed E-state index contributed by atoms with van der Waals surface area (Å²) in [4.78, 5) is 2.70. The lowest BCUT2D eigenvalue weighted by Gasteiger charge is -2.31. The third-order valence-corrected chi connectivity index (χ3v) is 5.12. The van der Waals surface area contributed by atoms with Crippen LogP contribution in [-0.2, 0) is 0 Å². The molecule has 1 heterocycles. The molecule has 100 valence electrons. The molecule has 1 aliphatic heterocycles. The minimum absolute atomic E-state index is 0.202. The van der Waals surface area contributed by atoms with Crippen molar-refractivity contribution in [3.8, 4) is 6.07 Å². The predicted octanol–water partition coefficient (Wildman–Crippen LogP) is 2.43. The van der Waals surface area contributed by atoms with Crippen LogP contribution < -0.4 is 5.32 Å². The van der Waals surface area contributed by atoms with E-state index in [1.165, 1.54) is 45.1 Å². The molecule has 0 radical (unpaired) electrons. The van der Waals surface area contributed by atoms with Crippen molar-refractivity contribution in [1.82, 2.24) is 10.2 Å². The highest BCUT2D eigenvalue weighted by atomic mass is 15.2. The molecule has 0 aromatic carbocycles. The number of nitriles is 1. The molecule has 3 unspecified atom stereocenters. The Morgan fingerprint density at radius 1 is 1.33 bits per heavy atom. The van der Waals surface area contributed by atoms with Crippen LogP contribution in [0.1, 0.15) is 58.3 Å². The van der Waals surface area contributed by atoms with Crippen LogP contribution in [0.15, 0.2) is 0 Å². The zero-order valence-corrected chi connectivity index (χ0v) is 11.5. The van der Waals surface area contributed by atoms with Gasteiger partial charge >= 0.3 is 0 Å². The van der Waals surface area contributed by atoms with Gasteiger partial charge in [-0.25, -0.2) is 0 Å². The molecule has 3 rings (SSSR count). The molecule has 3 nitrogen and oxygen atoms in total. The van der Waals surface area contributed by atoms with Crippen molar-refractivity contribution in [3.63, 3.8) is 0 Å². The fourth-order valence-corrected chi connectivity index (χ4v) is 3.96. The van der Waals surface area contributed by atoms with Crippen molar-refractivity contribution in [3.05, 3.63) is 0 Å². The number of nitrogens with zero attached hydrogens (tertiary/aromatic N) is 2. The summed E-state index contributed by atoms with van der Waals surface area (Å²) in [7, 11) is 0. The summed E-state index contributed by atoms with van der Waals surface area (Å²) in [6.07, 6.45) is 9.85. The topological polar surface area (TPSA) is 39.1 Å². The van der Waals surface area contributed by atoms with Crippen LogP contribution in [0.4, 0.5) is 0 Å². The standard InChI is InChI=1S/C15H25N3/c1-2-13-4-3-9-18(13)14-7-8-15(10-14,11-16)17-12-5-6-12/h12-14,17H,2-10H2,1H3. The summed E-state index contributed by atoms with van der Waals surface area (Å²) < 4.78 is 0. The molecule has 1 saturated heterocycles. The average Bonchev–Trinajstić information content (AvgIpc) is 2.93. The van der Waals surface area contributed by atoms with E-state index < -0.39 is 0 Å². The third kappa shape index (κ3) is 2.29. The SMILES string of the molecule is CCC1CCCN1C1CCC(C#N)(NC2CC2)C1. The Morgan fingerprint density at radius 2 is 2.17 bits per heavy atom. The van der Waals surface area contributed by atoms with Crippen molar-refractivity contribution in [2.75, 3.05) is 6.54 Å². The van der Waals surface area contributed by atoms with Gasteiger partial charge in [0.25, 0.3) is 0 Å². The van der Waals surface area contributed by atoms with Gasteiger partial charge in [-0.1, -0.05) is 6.92 Å². The van der Waals surface area contributed by atoms with Crippen molar-refractivity contribution in [1.29, 1.82) is 5.26 Å². The van der Waals surface area contributed by atoms with Gasteiger partial charge in [-0.3, -0.25) is 10.2 Å². The Labute approximate surface area is 111 Å². The van der Waals surface area contributed by atoms with Crippen molar-refractivity contribution >= 4 is 0 Å². The summed E-state index contributed by atoms with van der Waals surface area (Å²) >= 11 is 0. The number of likely N-dealkylation sites (tertiary alicyclic amines) is 1. The molecule has 0 aromatic heterocycles. The molecule has 2 saturated carbocycles. The molecule has 1 N–H and O–H groups in total. The quantitative estimate of drug-likeness (QED) is 0.829. The number of hydrogen-bond donors (Lipinski definition) is 1. The molecule has 3 aliphatic rings. The van der Waals surface area contributed by atoms with Gasteiger partial charge in [0, 0.05) is 18.1 Å². The van der Waals surface area contributed by atoms with Crippen LogP contribution in [0.2, 0.25) is 0 Å². The molecule has 3 heteroatoms. The van der Waals surface area contributed by atoms with E-state index in [2.05, 4.69) is 23.2 Å². The molecule has 0 aromatic rings. The lowest BCUT2D eigenvalue weighted by atomic mass is 9.99. The molecule has 3 atom stereocenters. The monoisotopic (exact) mass is 247 g/mol. The van der Waals surface area contributed by atoms with Crippen LogP contribution in [0, 0.1) is 11.3 Å². The maximum Gasteiger partial charge on any atom is 0.108 e. The van der Waals surface area contributed by atoms with Crippen LogP contribution in [0.3, 0.4) is 0 Å². The molecular weight excluding hydrogens is 222 g/mol. The molecule has 0 amide bonds. The summed E-state index contributed by atoms with van der Waals surface area (Å²) in [6, 6.07) is 4.68. The lowest BCUT2D eigenvalue weighted by molar-refractivity contribution is 0.172. The van der Waals surface area contributed by atoms with Gasteiger partial charge in [0.05, 0.1) is 6.07 Å². The van der Waals surface area contributed by atoms with E-state index >= 15 is 0 Å². The van der Waals surface area contributed by atoms with Gasteiger partial charge in [-0.15, -0.1) is 0 Å². The first kappa shape index (κ1) is 12.4. The summed E-state index contributed by atoms with van der Waals surface area (Å²) in [5, 5.41) is 13.2. The first-order valence-corrected chi connectivity index (χ1v) is 7.71. The molecule has 0 spiro atoms. The van der Waals surface area contributed by atoms with Gasteiger partial charge < -0.3 is 0 Å². The van der Waals surface area contributed by atoms with Crippen LogP contribution in [0.5, 0.6) is 0 Å². The molecule has 2 aliphatic carbocycles. The minimum atomic E-state index is -0.202. The Morgan fingerprint density at radius 3 is 2.83 bits per heavy atom. The highest BCUT2D eigenvalue weighted by Crippen LogP contribution is 2.38.